The fourth-order valence-electron chi connectivity index (χ4n) is 2.84. The standard InChI is InChI=1S/C22H28O5/c1-3-4-5-6-7-8-13-27-17-10-12-19(21(24)15-17)22(25)18-11-9-16(26-2)14-20(18)23/h9-12,14-15,23-24H,3-8,13H2,1-2H3. The molecule has 0 spiro atoms. The lowest BCUT2D eigenvalue weighted by Crippen LogP contribution is -2.03. The molecule has 27 heavy (non-hydrogen) atoms. The fourth-order valence-corrected chi connectivity index (χ4v) is 2.84. The number of carbonyl (C=O) groups is 1. The van der Waals surface area contributed by atoms with Gasteiger partial charge in [0.2, 0.25) is 0 Å². The lowest BCUT2D eigenvalue weighted by atomic mass is 10.0. The number of ketones is 1. The molecule has 0 aromatic heterocycles. The number of unbranched alkanes of at least 4 members (excludes halogenated alkanes) is 5. The number of methoxy groups -OCH3 is 1. The molecular formula is C22H28O5. The number of benzene rings is 2. The summed E-state index contributed by atoms with van der Waals surface area (Å²) in [6.45, 7) is 2.78. The highest BCUT2D eigenvalue weighted by atomic mass is 16.5. The quantitative estimate of drug-likeness (QED) is 0.425. The van der Waals surface area contributed by atoms with Crippen LogP contribution in [0.3, 0.4) is 0 Å². The minimum absolute atomic E-state index is 0.104. The Morgan fingerprint density at radius 2 is 1.41 bits per heavy atom. The first kappa shape index (κ1) is 20.6. The lowest BCUT2D eigenvalue weighted by Gasteiger charge is -2.10. The minimum Gasteiger partial charge on any atom is -0.507 e. The molecule has 0 aliphatic heterocycles. The van der Waals surface area contributed by atoms with Gasteiger partial charge in [0.25, 0.3) is 0 Å². The molecule has 0 unspecified atom stereocenters. The average Bonchev–Trinajstić information content (AvgIpc) is 2.66. The van der Waals surface area contributed by atoms with Crippen LogP contribution < -0.4 is 9.47 Å². The van der Waals surface area contributed by atoms with E-state index >= 15 is 0 Å². The van der Waals surface area contributed by atoms with Crippen LogP contribution in [0.25, 0.3) is 0 Å². The van der Waals surface area contributed by atoms with Gasteiger partial charge in [0, 0.05) is 12.1 Å². The Kier molecular flexibility index (Phi) is 7.99. The van der Waals surface area contributed by atoms with Gasteiger partial charge in [-0.15, -0.1) is 0 Å². The van der Waals surface area contributed by atoms with Gasteiger partial charge >= 0.3 is 0 Å². The summed E-state index contributed by atoms with van der Waals surface area (Å²) < 4.78 is 10.7. The molecule has 0 heterocycles. The molecule has 0 amide bonds. The Bertz CT molecular complexity index is 754. The summed E-state index contributed by atoms with van der Waals surface area (Å²) in [5.41, 5.74) is 0.217. The number of hydrogen-bond donors (Lipinski definition) is 2. The second-order valence-corrected chi connectivity index (χ2v) is 6.51. The second-order valence-electron chi connectivity index (χ2n) is 6.51. The summed E-state index contributed by atoms with van der Waals surface area (Å²) in [5, 5.41) is 20.2. The SMILES string of the molecule is CCCCCCCCOc1ccc(C(=O)c2ccc(OC)cc2O)c(O)c1. The number of rotatable bonds is 11. The summed E-state index contributed by atoms with van der Waals surface area (Å²) in [6, 6.07) is 9.02. The lowest BCUT2D eigenvalue weighted by molar-refractivity contribution is 0.103. The molecule has 0 saturated carbocycles. The Labute approximate surface area is 160 Å². The van der Waals surface area contributed by atoms with Crippen molar-refractivity contribution < 1.29 is 24.5 Å². The monoisotopic (exact) mass is 372 g/mol. The molecule has 5 heteroatoms. The van der Waals surface area contributed by atoms with E-state index < -0.39 is 5.78 Å². The summed E-state index contributed by atoms with van der Waals surface area (Å²) in [7, 11) is 1.48. The van der Waals surface area contributed by atoms with Gasteiger partial charge in [-0.3, -0.25) is 4.79 Å². The van der Waals surface area contributed by atoms with Gasteiger partial charge in [-0.2, -0.15) is 0 Å². The maximum Gasteiger partial charge on any atom is 0.200 e. The number of hydrogen-bond acceptors (Lipinski definition) is 5. The Morgan fingerprint density at radius 3 is 2.00 bits per heavy atom. The zero-order valence-corrected chi connectivity index (χ0v) is 16.0. The maximum absolute atomic E-state index is 12.6. The van der Waals surface area contributed by atoms with Crippen molar-refractivity contribution >= 4 is 5.78 Å². The van der Waals surface area contributed by atoms with E-state index in [1.807, 2.05) is 0 Å². The van der Waals surface area contributed by atoms with Crippen LogP contribution >= 0.6 is 0 Å². The Morgan fingerprint density at radius 1 is 0.852 bits per heavy atom. The first-order valence-electron chi connectivity index (χ1n) is 9.44. The average molecular weight is 372 g/mol. The van der Waals surface area contributed by atoms with E-state index in [-0.39, 0.29) is 22.6 Å². The summed E-state index contributed by atoms with van der Waals surface area (Å²) in [4.78, 5) is 12.6. The van der Waals surface area contributed by atoms with Crippen molar-refractivity contribution in [3.05, 3.63) is 47.5 Å². The van der Waals surface area contributed by atoms with Crippen LogP contribution in [-0.2, 0) is 0 Å². The molecule has 0 aliphatic carbocycles. The zero-order chi connectivity index (χ0) is 19.6. The first-order chi connectivity index (χ1) is 13.1. The predicted molar refractivity (Wildman–Crippen MR) is 105 cm³/mol. The number of ether oxygens (including phenoxy) is 2. The van der Waals surface area contributed by atoms with Crippen LogP contribution in [0.5, 0.6) is 23.0 Å². The van der Waals surface area contributed by atoms with Gasteiger partial charge < -0.3 is 19.7 Å². The van der Waals surface area contributed by atoms with E-state index in [1.54, 1.807) is 12.1 Å². The van der Waals surface area contributed by atoms with Crippen molar-refractivity contribution in [2.75, 3.05) is 13.7 Å². The summed E-state index contributed by atoms with van der Waals surface area (Å²) in [6.07, 6.45) is 7.06. The van der Waals surface area contributed by atoms with Gasteiger partial charge in [-0.1, -0.05) is 39.0 Å². The second kappa shape index (κ2) is 10.5. The predicted octanol–water partition coefficient (Wildman–Crippen LogP) is 5.08. The van der Waals surface area contributed by atoms with E-state index in [9.17, 15) is 15.0 Å². The smallest absolute Gasteiger partial charge is 0.200 e. The Hall–Kier alpha value is -2.69. The summed E-state index contributed by atoms with van der Waals surface area (Å²) >= 11 is 0. The molecule has 0 fully saturated rings. The summed E-state index contributed by atoms with van der Waals surface area (Å²) in [5.74, 6) is 0.149. The molecule has 0 atom stereocenters. The number of phenols is 2. The van der Waals surface area contributed by atoms with E-state index in [0.29, 0.717) is 18.1 Å². The normalized spacial score (nSPS) is 10.6. The molecular weight excluding hydrogens is 344 g/mol. The highest BCUT2D eigenvalue weighted by molar-refractivity contribution is 6.12. The van der Waals surface area contributed by atoms with Crippen molar-refractivity contribution in [2.24, 2.45) is 0 Å². The molecule has 0 saturated heterocycles. The number of phenolic OH excluding ortho intramolecular Hbond substituents is 2. The highest BCUT2D eigenvalue weighted by Gasteiger charge is 2.18. The van der Waals surface area contributed by atoms with Crippen molar-refractivity contribution in [3.8, 4) is 23.0 Å². The maximum atomic E-state index is 12.6. The molecule has 2 N–H and O–H groups in total. The molecule has 0 aliphatic rings. The molecule has 2 aromatic carbocycles. The van der Waals surface area contributed by atoms with E-state index in [1.165, 1.54) is 57.1 Å². The van der Waals surface area contributed by atoms with E-state index in [4.69, 9.17) is 9.47 Å². The van der Waals surface area contributed by atoms with Crippen molar-refractivity contribution in [1.82, 2.24) is 0 Å². The van der Waals surface area contributed by atoms with E-state index in [2.05, 4.69) is 6.92 Å². The zero-order valence-electron chi connectivity index (χ0n) is 16.0. The molecule has 146 valence electrons. The third-order valence-corrected chi connectivity index (χ3v) is 4.43. The minimum atomic E-state index is -0.463. The van der Waals surface area contributed by atoms with Gasteiger partial charge in [0.05, 0.1) is 24.8 Å². The van der Waals surface area contributed by atoms with Crippen molar-refractivity contribution in [3.63, 3.8) is 0 Å². The van der Waals surface area contributed by atoms with Crippen LogP contribution in [0, 0.1) is 0 Å². The number of carbonyl (C=O) groups excluding carboxylic acids is 1. The topological polar surface area (TPSA) is 76.0 Å². The molecule has 2 aromatic rings. The van der Waals surface area contributed by atoms with Crippen LogP contribution in [0.4, 0.5) is 0 Å². The first-order valence-corrected chi connectivity index (χ1v) is 9.44. The van der Waals surface area contributed by atoms with Crippen molar-refractivity contribution in [2.45, 2.75) is 45.4 Å². The van der Waals surface area contributed by atoms with Gasteiger partial charge in [0.1, 0.15) is 23.0 Å². The fraction of sp³-hybridized carbons (Fsp3) is 0.409. The van der Waals surface area contributed by atoms with Crippen LogP contribution in [0.1, 0.15) is 61.4 Å². The largest absolute Gasteiger partial charge is 0.507 e. The third kappa shape index (κ3) is 5.91. The Balaban J connectivity index is 1.95. The van der Waals surface area contributed by atoms with Gasteiger partial charge in [-0.25, -0.2) is 0 Å². The van der Waals surface area contributed by atoms with E-state index in [0.717, 1.165) is 12.8 Å². The molecule has 0 bridgehead atoms. The van der Waals surface area contributed by atoms with Crippen LogP contribution in [0.15, 0.2) is 36.4 Å². The molecule has 2 rings (SSSR count). The third-order valence-electron chi connectivity index (χ3n) is 4.43. The van der Waals surface area contributed by atoms with Crippen LogP contribution in [0.2, 0.25) is 0 Å². The molecule has 0 radical (unpaired) electrons. The van der Waals surface area contributed by atoms with Crippen LogP contribution in [-0.4, -0.2) is 29.7 Å². The molecule has 5 nitrogen and oxygen atoms in total. The van der Waals surface area contributed by atoms with Gasteiger partial charge in [0.15, 0.2) is 5.78 Å². The van der Waals surface area contributed by atoms with Gasteiger partial charge in [-0.05, 0) is 30.7 Å². The number of aromatic hydroxyl groups is 2. The van der Waals surface area contributed by atoms with Crippen molar-refractivity contribution in [1.29, 1.82) is 0 Å². The highest BCUT2D eigenvalue weighted by Crippen LogP contribution is 2.30.